The average molecular weight is 408 g/mol. The summed E-state index contributed by atoms with van der Waals surface area (Å²) in [5, 5.41) is 10.3. The Morgan fingerprint density at radius 2 is 1.83 bits per heavy atom. The van der Waals surface area contributed by atoms with Gasteiger partial charge in [0.15, 0.2) is 5.78 Å². The van der Waals surface area contributed by atoms with Crippen LogP contribution in [0.4, 0.5) is 0 Å². The summed E-state index contributed by atoms with van der Waals surface area (Å²) < 4.78 is 5.95. The number of hydrogen-bond donors (Lipinski definition) is 3. The number of Topliss-reactive ketones (excluding diaryl/α,β-unsaturated/α-hetero) is 1. The van der Waals surface area contributed by atoms with E-state index in [1.54, 1.807) is 19.1 Å². The molecule has 3 rings (SSSR count). The van der Waals surface area contributed by atoms with Gasteiger partial charge < -0.3 is 15.8 Å². The van der Waals surface area contributed by atoms with Crippen molar-refractivity contribution < 1.29 is 14.3 Å². The molecular formula is C24H29N3O3. The van der Waals surface area contributed by atoms with Crippen molar-refractivity contribution in [3.05, 3.63) is 65.7 Å². The molecule has 158 valence electrons. The third-order valence-corrected chi connectivity index (χ3v) is 5.57. The molecule has 0 bridgehead atoms. The fraction of sp³-hybridized carbons (Fsp3) is 0.375. The molecule has 4 N–H and O–H groups in total. The van der Waals surface area contributed by atoms with Crippen LogP contribution in [0.15, 0.2) is 54.6 Å². The predicted molar refractivity (Wildman–Crippen MR) is 117 cm³/mol. The molecule has 2 aromatic rings. The number of carbonyl (C=O) groups is 2. The van der Waals surface area contributed by atoms with Crippen LogP contribution in [0.3, 0.4) is 0 Å². The molecule has 1 aliphatic carbocycles. The molecule has 6 heteroatoms. The van der Waals surface area contributed by atoms with Crippen LogP contribution >= 0.6 is 0 Å². The van der Waals surface area contributed by atoms with Crippen molar-refractivity contribution in [1.29, 1.82) is 5.41 Å². The number of nitrogens with one attached hydrogen (secondary N) is 2. The van der Waals surface area contributed by atoms with Gasteiger partial charge >= 0.3 is 0 Å². The Labute approximate surface area is 177 Å². The zero-order valence-corrected chi connectivity index (χ0v) is 17.3. The average Bonchev–Trinajstić information content (AvgIpc) is 3.21. The minimum atomic E-state index is -0.511. The largest absolute Gasteiger partial charge is 0.490 e. The van der Waals surface area contributed by atoms with Gasteiger partial charge in [-0.1, -0.05) is 42.5 Å². The van der Waals surface area contributed by atoms with E-state index in [0.29, 0.717) is 24.8 Å². The second-order valence-corrected chi connectivity index (χ2v) is 7.87. The summed E-state index contributed by atoms with van der Waals surface area (Å²) in [7, 11) is 0. The van der Waals surface area contributed by atoms with Gasteiger partial charge in [-0.15, -0.1) is 0 Å². The van der Waals surface area contributed by atoms with Crippen LogP contribution in [0.5, 0.6) is 5.75 Å². The lowest BCUT2D eigenvalue weighted by Gasteiger charge is -2.17. The smallest absolute Gasteiger partial charge is 0.223 e. The summed E-state index contributed by atoms with van der Waals surface area (Å²) in [6.45, 7) is 1.74. The number of carbonyl (C=O) groups excluding carboxylic acids is 2. The van der Waals surface area contributed by atoms with Crippen molar-refractivity contribution in [2.45, 2.75) is 51.2 Å². The molecule has 0 unspecified atom stereocenters. The van der Waals surface area contributed by atoms with Crippen LogP contribution < -0.4 is 15.8 Å². The first-order valence-corrected chi connectivity index (χ1v) is 10.4. The zero-order chi connectivity index (χ0) is 21.5. The number of rotatable bonds is 9. The number of amidine groups is 1. The maximum absolute atomic E-state index is 12.6. The number of nitrogens with two attached hydrogens (primary N) is 1. The maximum atomic E-state index is 12.6. The lowest BCUT2D eigenvalue weighted by molar-refractivity contribution is -0.129. The van der Waals surface area contributed by atoms with Crippen LogP contribution in [0.25, 0.3) is 0 Å². The highest BCUT2D eigenvalue weighted by molar-refractivity contribution is 5.95. The number of aryl methyl sites for hydroxylation is 1. The molecule has 6 nitrogen and oxygen atoms in total. The molecule has 30 heavy (non-hydrogen) atoms. The number of benzene rings is 2. The molecule has 1 amide bonds. The molecule has 0 aromatic heterocycles. The molecule has 0 saturated heterocycles. The molecule has 3 atom stereocenters. The van der Waals surface area contributed by atoms with E-state index in [2.05, 4.69) is 5.32 Å². The van der Waals surface area contributed by atoms with Gasteiger partial charge in [0.2, 0.25) is 5.91 Å². The van der Waals surface area contributed by atoms with Gasteiger partial charge in [0.1, 0.15) is 11.6 Å². The van der Waals surface area contributed by atoms with E-state index in [0.717, 1.165) is 24.2 Å². The first-order valence-electron chi connectivity index (χ1n) is 10.4. The van der Waals surface area contributed by atoms with Crippen LogP contribution in [-0.4, -0.2) is 29.7 Å². The minimum absolute atomic E-state index is 0.00840. The standard InChI is InChI=1S/C24H29N3O3/c1-16(22(28)14-9-17-7-10-18(11-8-17)23(25)26)27-24(29)19-12-13-21(15-19)30-20-5-3-2-4-6-20/h2-8,10-11,16,19,21H,9,12-15H2,1H3,(H3,25,26)(H,27,29)/t16-,19+,21+/m0/s1. The first kappa shape index (κ1) is 21.6. The summed E-state index contributed by atoms with van der Waals surface area (Å²) in [6.07, 6.45) is 3.26. The molecule has 1 aliphatic rings. The van der Waals surface area contributed by atoms with Crippen molar-refractivity contribution in [2.75, 3.05) is 0 Å². The quantitative estimate of drug-likeness (QED) is 0.438. The summed E-state index contributed by atoms with van der Waals surface area (Å²) in [4.78, 5) is 25.0. The number of para-hydroxylation sites is 1. The van der Waals surface area contributed by atoms with Crippen LogP contribution in [0.1, 0.15) is 43.7 Å². The topological polar surface area (TPSA) is 105 Å². The van der Waals surface area contributed by atoms with E-state index < -0.39 is 6.04 Å². The predicted octanol–water partition coefficient (Wildman–Crippen LogP) is 3.22. The van der Waals surface area contributed by atoms with E-state index >= 15 is 0 Å². The number of hydrogen-bond acceptors (Lipinski definition) is 4. The van der Waals surface area contributed by atoms with Gasteiger partial charge in [0.25, 0.3) is 0 Å². The second kappa shape index (κ2) is 10.1. The normalized spacial score (nSPS) is 19.1. The summed E-state index contributed by atoms with van der Waals surface area (Å²) in [6, 6.07) is 16.4. The Balaban J connectivity index is 1.42. The molecule has 1 saturated carbocycles. The van der Waals surface area contributed by atoms with Gasteiger partial charge in [0.05, 0.1) is 12.1 Å². The SMILES string of the molecule is C[C@H](NC(=O)[C@@H]1CC[C@@H](Oc2ccccc2)C1)C(=O)CCc1ccc(C(=N)N)cc1. The Morgan fingerprint density at radius 3 is 2.50 bits per heavy atom. The molecule has 2 aromatic carbocycles. The summed E-state index contributed by atoms with van der Waals surface area (Å²) >= 11 is 0. The van der Waals surface area contributed by atoms with Crippen molar-refractivity contribution in [3.8, 4) is 5.75 Å². The van der Waals surface area contributed by atoms with Gasteiger partial charge in [-0.3, -0.25) is 15.0 Å². The Kier molecular flexibility index (Phi) is 7.22. The number of nitrogen functional groups attached to an aromatic ring is 1. The molecule has 0 aliphatic heterocycles. The monoisotopic (exact) mass is 407 g/mol. The third-order valence-electron chi connectivity index (χ3n) is 5.57. The van der Waals surface area contributed by atoms with Gasteiger partial charge in [-0.2, -0.15) is 0 Å². The first-order chi connectivity index (χ1) is 14.4. The number of amides is 1. The van der Waals surface area contributed by atoms with Crippen LogP contribution in [-0.2, 0) is 16.0 Å². The maximum Gasteiger partial charge on any atom is 0.223 e. The van der Waals surface area contributed by atoms with Crippen LogP contribution in [0, 0.1) is 11.3 Å². The Bertz CT molecular complexity index is 880. The number of ether oxygens (including phenoxy) is 1. The molecule has 1 fully saturated rings. The summed E-state index contributed by atoms with van der Waals surface area (Å²) in [5.74, 6) is 0.670. The van der Waals surface area contributed by atoms with E-state index in [4.69, 9.17) is 15.9 Å². The van der Waals surface area contributed by atoms with Crippen molar-refractivity contribution >= 4 is 17.5 Å². The van der Waals surface area contributed by atoms with Crippen LogP contribution in [0.2, 0.25) is 0 Å². The second-order valence-electron chi connectivity index (χ2n) is 7.87. The highest BCUT2D eigenvalue weighted by Gasteiger charge is 2.32. The highest BCUT2D eigenvalue weighted by atomic mass is 16.5. The van der Waals surface area contributed by atoms with Crippen molar-refractivity contribution in [1.82, 2.24) is 5.32 Å². The molecule has 0 heterocycles. The van der Waals surface area contributed by atoms with Gasteiger partial charge in [-0.05, 0) is 50.3 Å². The molecular weight excluding hydrogens is 378 g/mol. The van der Waals surface area contributed by atoms with E-state index in [9.17, 15) is 9.59 Å². The molecule has 0 spiro atoms. The van der Waals surface area contributed by atoms with Gasteiger partial charge in [0, 0.05) is 17.9 Å². The van der Waals surface area contributed by atoms with E-state index in [1.165, 1.54) is 0 Å². The zero-order valence-electron chi connectivity index (χ0n) is 17.3. The third kappa shape index (κ3) is 5.92. The van der Waals surface area contributed by atoms with Crippen molar-refractivity contribution in [3.63, 3.8) is 0 Å². The lowest BCUT2D eigenvalue weighted by atomic mass is 10.0. The van der Waals surface area contributed by atoms with E-state index in [1.807, 2.05) is 42.5 Å². The van der Waals surface area contributed by atoms with E-state index in [-0.39, 0.29) is 29.5 Å². The van der Waals surface area contributed by atoms with Crippen molar-refractivity contribution in [2.24, 2.45) is 11.7 Å². The minimum Gasteiger partial charge on any atom is -0.490 e. The highest BCUT2D eigenvalue weighted by Crippen LogP contribution is 2.29. The Morgan fingerprint density at radius 1 is 1.13 bits per heavy atom. The fourth-order valence-electron chi connectivity index (χ4n) is 3.72. The Hall–Kier alpha value is -3.15. The fourth-order valence-corrected chi connectivity index (χ4v) is 3.72. The lowest BCUT2D eigenvalue weighted by Crippen LogP contribution is -2.41. The number of ketones is 1. The summed E-state index contributed by atoms with van der Waals surface area (Å²) in [5.41, 5.74) is 7.12. The molecule has 0 radical (unpaired) electrons. The van der Waals surface area contributed by atoms with Gasteiger partial charge in [-0.25, -0.2) is 0 Å².